The summed E-state index contributed by atoms with van der Waals surface area (Å²) in [6.07, 6.45) is 0.995. The van der Waals surface area contributed by atoms with E-state index in [9.17, 15) is 4.79 Å². The Morgan fingerprint density at radius 1 is 1.26 bits per heavy atom. The zero-order chi connectivity index (χ0) is 13.7. The third-order valence-electron chi connectivity index (χ3n) is 2.69. The maximum Gasteiger partial charge on any atom is 0.315 e. The largest absolute Gasteiger partial charge is 0.466 e. The van der Waals surface area contributed by atoms with Gasteiger partial charge < -0.3 is 9.26 Å². The van der Waals surface area contributed by atoms with E-state index in [4.69, 9.17) is 9.26 Å². The van der Waals surface area contributed by atoms with E-state index in [1.54, 1.807) is 6.92 Å². The molecule has 1 aromatic carbocycles. The minimum absolute atomic E-state index is 0.00782. The lowest BCUT2D eigenvalue weighted by Crippen LogP contribution is -2.07. The summed E-state index contributed by atoms with van der Waals surface area (Å²) in [7, 11) is 0. The number of rotatable bonds is 5. The van der Waals surface area contributed by atoms with Gasteiger partial charge in [0.25, 0.3) is 0 Å². The monoisotopic (exact) mass is 260 g/mol. The number of aryl methyl sites for hydroxylation is 1. The summed E-state index contributed by atoms with van der Waals surface area (Å²) in [6.45, 7) is 4.20. The fourth-order valence-corrected chi connectivity index (χ4v) is 1.67. The molecular weight excluding hydrogens is 244 g/mol. The van der Waals surface area contributed by atoms with Gasteiger partial charge >= 0.3 is 5.97 Å². The highest BCUT2D eigenvalue weighted by Gasteiger charge is 2.12. The molecule has 5 heteroatoms. The lowest BCUT2D eigenvalue weighted by molar-refractivity contribution is -0.142. The van der Waals surface area contributed by atoms with Crippen molar-refractivity contribution in [1.82, 2.24) is 10.1 Å². The third-order valence-corrected chi connectivity index (χ3v) is 2.69. The highest BCUT2D eigenvalue weighted by atomic mass is 16.5. The molecule has 0 aliphatic heterocycles. The van der Waals surface area contributed by atoms with Crippen LogP contribution in [0.25, 0.3) is 11.4 Å². The number of carbonyl (C=O) groups is 1. The van der Waals surface area contributed by atoms with Crippen molar-refractivity contribution in [1.29, 1.82) is 0 Å². The zero-order valence-corrected chi connectivity index (χ0v) is 11.0. The van der Waals surface area contributed by atoms with E-state index >= 15 is 0 Å². The van der Waals surface area contributed by atoms with Gasteiger partial charge in [0, 0.05) is 5.56 Å². The molecule has 0 N–H and O–H groups in total. The molecule has 0 fully saturated rings. The Bertz CT molecular complexity index is 546. The normalized spacial score (nSPS) is 10.4. The summed E-state index contributed by atoms with van der Waals surface area (Å²) in [5.41, 5.74) is 2.12. The number of aromatic nitrogens is 2. The molecule has 0 saturated heterocycles. The molecule has 0 radical (unpaired) electrons. The van der Waals surface area contributed by atoms with Gasteiger partial charge in [0.05, 0.1) is 6.61 Å². The molecule has 0 unspecified atom stereocenters. The predicted molar refractivity (Wildman–Crippen MR) is 69.4 cm³/mol. The number of hydrogen-bond acceptors (Lipinski definition) is 5. The lowest BCUT2D eigenvalue weighted by Gasteiger charge is -1.97. The van der Waals surface area contributed by atoms with Crippen LogP contribution in [0.5, 0.6) is 0 Å². The quantitative estimate of drug-likeness (QED) is 0.772. The first-order chi connectivity index (χ1) is 9.22. The van der Waals surface area contributed by atoms with E-state index < -0.39 is 0 Å². The molecule has 19 heavy (non-hydrogen) atoms. The fraction of sp³-hybridized carbons (Fsp3) is 0.357. The van der Waals surface area contributed by atoms with E-state index in [0.717, 1.165) is 12.0 Å². The Labute approximate surface area is 111 Å². The molecule has 0 atom stereocenters. The Morgan fingerprint density at radius 3 is 2.63 bits per heavy atom. The van der Waals surface area contributed by atoms with Crippen molar-refractivity contribution < 1.29 is 14.1 Å². The number of ether oxygens (including phenoxy) is 1. The van der Waals surface area contributed by atoms with Crippen LogP contribution in [0.3, 0.4) is 0 Å². The molecule has 0 spiro atoms. The van der Waals surface area contributed by atoms with E-state index in [1.807, 2.05) is 24.3 Å². The molecule has 100 valence electrons. The van der Waals surface area contributed by atoms with E-state index in [1.165, 1.54) is 5.56 Å². The van der Waals surface area contributed by atoms with Crippen LogP contribution in [0, 0.1) is 0 Å². The SMILES string of the molecule is CCOC(=O)Cc1nc(-c2ccc(CC)cc2)no1. The first kappa shape index (κ1) is 13.3. The van der Waals surface area contributed by atoms with E-state index in [0.29, 0.717) is 12.4 Å². The number of hydrogen-bond donors (Lipinski definition) is 0. The molecule has 1 aromatic heterocycles. The molecule has 0 saturated carbocycles. The van der Waals surface area contributed by atoms with Crippen LogP contribution in [0.4, 0.5) is 0 Å². The van der Waals surface area contributed by atoms with Crippen molar-refractivity contribution in [3.63, 3.8) is 0 Å². The second-order valence-corrected chi connectivity index (χ2v) is 4.04. The molecular formula is C14H16N2O3. The second-order valence-electron chi connectivity index (χ2n) is 4.04. The van der Waals surface area contributed by atoms with Crippen molar-refractivity contribution >= 4 is 5.97 Å². The van der Waals surface area contributed by atoms with Crippen molar-refractivity contribution in [2.75, 3.05) is 6.61 Å². The Kier molecular flexibility index (Phi) is 4.28. The van der Waals surface area contributed by atoms with Gasteiger partial charge in [-0.25, -0.2) is 0 Å². The number of esters is 1. The summed E-state index contributed by atoms with van der Waals surface area (Å²) >= 11 is 0. The third kappa shape index (κ3) is 3.40. The van der Waals surface area contributed by atoms with Crippen molar-refractivity contribution in [2.45, 2.75) is 26.7 Å². The van der Waals surface area contributed by atoms with Crippen LogP contribution >= 0.6 is 0 Å². The van der Waals surface area contributed by atoms with Crippen molar-refractivity contribution in [3.8, 4) is 11.4 Å². The summed E-state index contributed by atoms with van der Waals surface area (Å²) in [5.74, 6) is 0.397. The Morgan fingerprint density at radius 2 is 2.00 bits per heavy atom. The standard InChI is InChI=1S/C14H16N2O3/c1-3-10-5-7-11(8-6-10)14-15-12(19-16-14)9-13(17)18-4-2/h5-8H,3-4,9H2,1-2H3. The minimum Gasteiger partial charge on any atom is -0.466 e. The number of benzene rings is 1. The van der Waals surface area contributed by atoms with Crippen molar-refractivity contribution in [2.24, 2.45) is 0 Å². The predicted octanol–water partition coefficient (Wildman–Crippen LogP) is 2.40. The van der Waals surface area contributed by atoms with Gasteiger partial charge in [-0.3, -0.25) is 4.79 Å². The van der Waals surface area contributed by atoms with Crippen LogP contribution in [0.1, 0.15) is 25.3 Å². The highest BCUT2D eigenvalue weighted by Crippen LogP contribution is 2.17. The maximum absolute atomic E-state index is 11.3. The van der Waals surface area contributed by atoms with Crippen LogP contribution < -0.4 is 0 Å². The van der Waals surface area contributed by atoms with Gasteiger partial charge in [-0.1, -0.05) is 36.3 Å². The van der Waals surface area contributed by atoms with Crippen molar-refractivity contribution in [3.05, 3.63) is 35.7 Å². The van der Waals surface area contributed by atoms with Crippen LogP contribution in [0.2, 0.25) is 0 Å². The molecule has 2 rings (SSSR count). The van der Waals surface area contributed by atoms with E-state index in [-0.39, 0.29) is 18.3 Å². The zero-order valence-electron chi connectivity index (χ0n) is 11.0. The topological polar surface area (TPSA) is 65.2 Å². The van der Waals surface area contributed by atoms with Gasteiger partial charge in [0.1, 0.15) is 6.42 Å². The minimum atomic E-state index is -0.362. The molecule has 0 bridgehead atoms. The van der Waals surface area contributed by atoms with Crippen LogP contribution in [-0.2, 0) is 22.4 Å². The van der Waals surface area contributed by atoms with Gasteiger partial charge in [-0.05, 0) is 18.9 Å². The Balaban J connectivity index is 2.09. The lowest BCUT2D eigenvalue weighted by atomic mass is 10.1. The van der Waals surface area contributed by atoms with Gasteiger partial charge in [-0.15, -0.1) is 0 Å². The first-order valence-electron chi connectivity index (χ1n) is 6.30. The molecule has 5 nitrogen and oxygen atoms in total. The summed E-state index contributed by atoms with van der Waals surface area (Å²) < 4.78 is 9.86. The summed E-state index contributed by atoms with van der Waals surface area (Å²) in [5, 5.41) is 3.86. The second kappa shape index (κ2) is 6.13. The summed E-state index contributed by atoms with van der Waals surface area (Å²) in [4.78, 5) is 15.5. The van der Waals surface area contributed by atoms with Crippen LogP contribution in [0.15, 0.2) is 28.8 Å². The smallest absolute Gasteiger partial charge is 0.315 e. The average molecular weight is 260 g/mol. The molecule has 0 aliphatic carbocycles. The van der Waals surface area contributed by atoms with Gasteiger partial charge in [-0.2, -0.15) is 4.98 Å². The van der Waals surface area contributed by atoms with Gasteiger partial charge in [0.2, 0.25) is 11.7 Å². The van der Waals surface area contributed by atoms with Crippen LogP contribution in [-0.4, -0.2) is 22.7 Å². The average Bonchev–Trinajstić information content (AvgIpc) is 2.87. The van der Waals surface area contributed by atoms with E-state index in [2.05, 4.69) is 17.1 Å². The Hall–Kier alpha value is -2.17. The summed E-state index contributed by atoms with van der Waals surface area (Å²) in [6, 6.07) is 7.93. The highest BCUT2D eigenvalue weighted by molar-refractivity contribution is 5.71. The molecule has 0 aliphatic rings. The molecule has 1 heterocycles. The molecule has 0 amide bonds. The molecule has 2 aromatic rings. The maximum atomic E-state index is 11.3. The first-order valence-corrected chi connectivity index (χ1v) is 6.30. The van der Waals surface area contributed by atoms with Gasteiger partial charge in [0.15, 0.2) is 0 Å². The number of nitrogens with zero attached hydrogens (tertiary/aromatic N) is 2. The number of carbonyl (C=O) groups excluding carboxylic acids is 1. The fourth-order valence-electron chi connectivity index (χ4n) is 1.67.